The van der Waals surface area contributed by atoms with Gasteiger partial charge in [-0.25, -0.2) is 13.1 Å². The Balaban J connectivity index is 2.94. The summed E-state index contributed by atoms with van der Waals surface area (Å²) in [5, 5.41) is 8.49. The Labute approximate surface area is 120 Å². The zero-order valence-electron chi connectivity index (χ0n) is 10.5. The minimum absolute atomic E-state index is 0.161. The number of alkyl halides is 2. The molecule has 20 heavy (non-hydrogen) atoms. The van der Waals surface area contributed by atoms with Crippen LogP contribution in [0.4, 0.5) is 8.78 Å². The molecule has 1 atom stereocenters. The van der Waals surface area contributed by atoms with Gasteiger partial charge in [-0.1, -0.05) is 11.6 Å². The molecule has 0 aliphatic rings. The number of aliphatic hydroxyl groups excluding tert-OH is 1. The third kappa shape index (κ3) is 4.86. The highest BCUT2D eigenvalue weighted by molar-refractivity contribution is 7.89. The van der Waals surface area contributed by atoms with Gasteiger partial charge in [-0.2, -0.15) is 8.78 Å². The smallest absolute Gasteiger partial charge is 0.387 e. The van der Waals surface area contributed by atoms with E-state index in [0.717, 1.165) is 18.2 Å². The first-order chi connectivity index (χ1) is 9.26. The monoisotopic (exact) mass is 329 g/mol. The Bertz CT molecular complexity index is 553. The maximum absolute atomic E-state index is 12.1. The van der Waals surface area contributed by atoms with Crippen molar-refractivity contribution in [1.82, 2.24) is 4.72 Å². The number of hydrogen-bond donors (Lipinski definition) is 2. The van der Waals surface area contributed by atoms with Crippen LogP contribution in [0.15, 0.2) is 23.1 Å². The van der Waals surface area contributed by atoms with Crippen molar-refractivity contribution in [2.75, 3.05) is 6.61 Å². The normalized spacial score (nSPS) is 13.5. The SMILES string of the molecule is CC(CCO)NS(=O)(=O)c1ccc(OC(F)F)c(Cl)c1. The van der Waals surface area contributed by atoms with Gasteiger partial charge in [0.05, 0.1) is 9.92 Å². The Hall–Kier alpha value is -0.960. The Morgan fingerprint density at radius 2 is 2.10 bits per heavy atom. The van der Waals surface area contributed by atoms with E-state index in [4.69, 9.17) is 16.7 Å². The van der Waals surface area contributed by atoms with Crippen molar-refractivity contribution >= 4 is 21.6 Å². The topological polar surface area (TPSA) is 75.6 Å². The Kier molecular flexibility index (Phi) is 6.12. The average molecular weight is 330 g/mol. The van der Waals surface area contributed by atoms with Gasteiger partial charge >= 0.3 is 6.61 Å². The number of rotatable bonds is 7. The largest absolute Gasteiger partial charge is 0.433 e. The van der Waals surface area contributed by atoms with Crippen LogP contribution in [0.3, 0.4) is 0 Å². The van der Waals surface area contributed by atoms with Crippen LogP contribution >= 0.6 is 11.6 Å². The van der Waals surface area contributed by atoms with E-state index >= 15 is 0 Å². The maximum Gasteiger partial charge on any atom is 0.387 e. The molecule has 9 heteroatoms. The number of halogens is 3. The Morgan fingerprint density at radius 3 is 2.60 bits per heavy atom. The number of benzene rings is 1. The molecule has 0 saturated heterocycles. The number of hydrogen-bond acceptors (Lipinski definition) is 4. The summed E-state index contributed by atoms with van der Waals surface area (Å²) in [6.45, 7) is -1.62. The molecule has 1 unspecified atom stereocenters. The summed E-state index contributed by atoms with van der Waals surface area (Å²) in [6, 6.07) is 2.71. The van der Waals surface area contributed by atoms with E-state index < -0.39 is 22.7 Å². The fourth-order valence-corrected chi connectivity index (χ4v) is 3.02. The van der Waals surface area contributed by atoms with Gasteiger partial charge in [0.15, 0.2) is 0 Å². The van der Waals surface area contributed by atoms with Crippen molar-refractivity contribution in [3.8, 4) is 5.75 Å². The van der Waals surface area contributed by atoms with E-state index in [1.807, 2.05) is 0 Å². The first kappa shape index (κ1) is 17.1. The van der Waals surface area contributed by atoms with Gasteiger partial charge in [0, 0.05) is 12.6 Å². The highest BCUT2D eigenvalue weighted by Gasteiger charge is 2.19. The van der Waals surface area contributed by atoms with Crippen LogP contribution in [0.5, 0.6) is 5.75 Å². The molecule has 1 aromatic carbocycles. The number of nitrogens with one attached hydrogen (secondary N) is 1. The minimum Gasteiger partial charge on any atom is -0.433 e. The summed E-state index contributed by atoms with van der Waals surface area (Å²) in [5.41, 5.74) is 0. The lowest BCUT2D eigenvalue weighted by atomic mass is 10.3. The van der Waals surface area contributed by atoms with E-state index in [9.17, 15) is 17.2 Å². The van der Waals surface area contributed by atoms with E-state index in [2.05, 4.69) is 9.46 Å². The fraction of sp³-hybridized carbons (Fsp3) is 0.455. The van der Waals surface area contributed by atoms with Crippen LogP contribution < -0.4 is 9.46 Å². The standard InChI is InChI=1S/C11H14ClF2NO4S/c1-7(4-5-16)15-20(17,18)8-2-3-10(9(12)6-8)19-11(13)14/h2-3,6-7,11,15-16H,4-5H2,1H3. The molecule has 0 radical (unpaired) electrons. The van der Waals surface area contributed by atoms with Crippen LogP contribution in [0, 0.1) is 0 Å². The molecule has 1 rings (SSSR count). The molecule has 114 valence electrons. The molecular formula is C11H14ClF2NO4S. The number of ether oxygens (including phenoxy) is 1. The van der Waals surface area contributed by atoms with Crippen molar-refractivity contribution in [1.29, 1.82) is 0 Å². The highest BCUT2D eigenvalue weighted by atomic mass is 35.5. The number of sulfonamides is 1. The van der Waals surface area contributed by atoms with Crippen molar-refractivity contribution in [2.45, 2.75) is 30.9 Å². The summed E-state index contributed by atoms with van der Waals surface area (Å²) in [7, 11) is -3.84. The summed E-state index contributed by atoms with van der Waals surface area (Å²) >= 11 is 5.69. The van der Waals surface area contributed by atoms with Crippen molar-refractivity contribution < 1.29 is 27.0 Å². The quantitative estimate of drug-likeness (QED) is 0.802. The summed E-state index contributed by atoms with van der Waals surface area (Å²) in [4.78, 5) is -0.172. The van der Waals surface area contributed by atoms with E-state index in [1.54, 1.807) is 6.92 Å². The summed E-state index contributed by atoms with van der Waals surface area (Å²) in [6.07, 6.45) is 0.250. The second-order valence-electron chi connectivity index (χ2n) is 4.01. The van der Waals surface area contributed by atoms with E-state index in [0.29, 0.717) is 0 Å². The second-order valence-corrected chi connectivity index (χ2v) is 6.13. The zero-order valence-corrected chi connectivity index (χ0v) is 12.1. The van der Waals surface area contributed by atoms with Gasteiger partial charge in [0.2, 0.25) is 10.0 Å². The molecule has 0 bridgehead atoms. The predicted molar refractivity (Wildman–Crippen MR) is 69.6 cm³/mol. The van der Waals surface area contributed by atoms with Crippen LogP contribution in [-0.4, -0.2) is 32.8 Å². The summed E-state index contributed by atoms with van der Waals surface area (Å²) < 4.78 is 54.5. The second kappa shape index (κ2) is 7.16. The van der Waals surface area contributed by atoms with Gasteiger partial charge in [0.25, 0.3) is 0 Å². The zero-order chi connectivity index (χ0) is 15.3. The summed E-state index contributed by atoms with van der Waals surface area (Å²) in [5.74, 6) is -0.302. The van der Waals surface area contributed by atoms with Gasteiger partial charge in [-0.15, -0.1) is 0 Å². The lowest BCUT2D eigenvalue weighted by Crippen LogP contribution is -2.33. The molecule has 2 N–H and O–H groups in total. The molecule has 1 aromatic rings. The predicted octanol–water partition coefficient (Wildman–Crippen LogP) is 1.99. The first-order valence-electron chi connectivity index (χ1n) is 5.64. The maximum atomic E-state index is 12.1. The van der Waals surface area contributed by atoms with Gasteiger partial charge in [-0.05, 0) is 31.5 Å². The van der Waals surface area contributed by atoms with Crippen molar-refractivity contribution in [3.05, 3.63) is 23.2 Å². The van der Waals surface area contributed by atoms with Gasteiger partial charge in [-0.3, -0.25) is 0 Å². The van der Waals surface area contributed by atoms with Crippen molar-refractivity contribution in [3.63, 3.8) is 0 Å². The third-order valence-corrected chi connectivity index (χ3v) is 4.23. The molecule has 0 aliphatic carbocycles. The van der Waals surface area contributed by atoms with Gasteiger partial charge in [0.1, 0.15) is 5.75 Å². The van der Waals surface area contributed by atoms with Crippen LogP contribution in [0.2, 0.25) is 5.02 Å². The van der Waals surface area contributed by atoms with Crippen molar-refractivity contribution in [2.24, 2.45) is 0 Å². The average Bonchev–Trinajstić information content (AvgIpc) is 2.30. The van der Waals surface area contributed by atoms with E-state index in [1.165, 1.54) is 0 Å². The molecular weight excluding hydrogens is 316 g/mol. The van der Waals surface area contributed by atoms with Crippen LogP contribution in [0.1, 0.15) is 13.3 Å². The Morgan fingerprint density at radius 1 is 1.45 bits per heavy atom. The van der Waals surface area contributed by atoms with Crippen LogP contribution in [0.25, 0.3) is 0 Å². The minimum atomic E-state index is -3.84. The molecule has 0 aliphatic heterocycles. The molecule has 0 fully saturated rings. The third-order valence-electron chi connectivity index (χ3n) is 2.35. The molecule has 0 amide bonds. The first-order valence-corrected chi connectivity index (χ1v) is 7.50. The molecule has 0 heterocycles. The number of aliphatic hydroxyl groups is 1. The van der Waals surface area contributed by atoms with E-state index in [-0.39, 0.29) is 28.7 Å². The van der Waals surface area contributed by atoms with Crippen LogP contribution in [-0.2, 0) is 10.0 Å². The van der Waals surface area contributed by atoms with Gasteiger partial charge < -0.3 is 9.84 Å². The lowest BCUT2D eigenvalue weighted by molar-refractivity contribution is -0.0498. The molecule has 0 saturated carbocycles. The molecule has 0 aromatic heterocycles. The lowest BCUT2D eigenvalue weighted by Gasteiger charge is -2.14. The molecule has 0 spiro atoms. The molecule has 5 nitrogen and oxygen atoms in total. The fourth-order valence-electron chi connectivity index (χ4n) is 1.43. The highest BCUT2D eigenvalue weighted by Crippen LogP contribution is 2.28.